The number of sulfonamides is 1. The molecule has 108 valence electrons. The molecule has 0 aromatic carbocycles. The lowest BCUT2D eigenvalue weighted by atomic mass is 10.3. The highest BCUT2D eigenvalue weighted by atomic mass is 32.2. The molecule has 0 saturated carbocycles. The van der Waals surface area contributed by atoms with Gasteiger partial charge in [-0.3, -0.25) is 0 Å². The van der Waals surface area contributed by atoms with E-state index in [0.717, 1.165) is 32.6 Å². The zero-order chi connectivity index (χ0) is 13.6. The van der Waals surface area contributed by atoms with Gasteiger partial charge in [0.15, 0.2) is 0 Å². The third-order valence-electron chi connectivity index (χ3n) is 3.27. The van der Waals surface area contributed by atoms with Crippen LogP contribution in [0.25, 0.3) is 0 Å². The Hall–Kier alpha value is -0.170. The second-order valence-electron chi connectivity index (χ2n) is 5.21. The molecule has 0 N–H and O–H groups in total. The molecule has 1 fully saturated rings. The molecule has 0 unspecified atom stereocenters. The number of hydrogen-bond acceptors (Lipinski definition) is 4. The molecule has 6 heteroatoms. The fourth-order valence-electron chi connectivity index (χ4n) is 2.23. The van der Waals surface area contributed by atoms with E-state index in [1.54, 1.807) is 4.31 Å². The van der Waals surface area contributed by atoms with E-state index in [4.69, 9.17) is 0 Å². The second kappa shape index (κ2) is 7.43. The van der Waals surface area contributed by atoms with E-state index < -0.39 is 10.0 Å². The van der Waals surface area contributed by atoms with Crippen molar-refractivity contribution in [2.75, 3.05) is 59.1 Å². The first-order chi connectivity index (χ1) is 8.45. The Morgan fingerprint density at radius 1 is 1.11 bits per heavy atom. The number of nitrogens with zero attached hydrogens (tertiary/aromatic N) is 3. The third kappa shape index (κ3) is 5.22. The topological polar surface area (TPSA) is 43.9 Å². The minimum absolute atomic E-state index is 0.285. The van der Waals surface area contributed by atoms with Gasteiger partial charge >= 0.3 is 0 Å². The van der Waals surface area contributed by atoms with Crippen molar-refractivity contribution in [2.24, 2.45) is 0 Å². The zero-order valence-electron chi connectivity index (χ0n) is 11.9. The summed E-state index contributed by atoms with van der Waals surface area (Å²) >= 11 is 0. The Morgan fingerprint density at radius 3 is 2.22 bits per heavy atom. The van der Waals surface area contributed by atoms with Gasteiger partial charge < -0.3 is 9.80 Å². The van der Waals surface area contributed by atoms with Crippen molar-refractivity contribution in [3.05, 3.63) is 0 Å². The summed E-state index contributed by atoms with van der Waals surface area (Å²) in [6, 6.07) is 0. The number of piperazine rings is 1. The summed E-state index contributed by atoms with van der Waals surface area (Å²) in [5.41, 5.74) is 0. The Bertz CT molecular complexity index is 322. The van der Waals surface area contributed by atoms with Gasteiger partial charge in [-0.15, -0.1) is 0 Å². The Balaban J connectivity index is 2.28. The third-order valence-corrected chi connectivity index (χ3v) is 5.34. The van der Waals surface area contributed by atoms with Crippen molar-refractivity contribution >= 4 is 10.0 Å². The molecule has 1 aliphatic heterocycles. The van der Waals surface area contributed by atoms with E-state index in [0.29, 0.717) is 19.5 Å². The van der Waals surface area contributed by atoms with Gasteiger partial charge in [0, 0.05) is 26.2 Å². The van der Waals surface area contributed by atoms with Crippen LogP contribution in [0.5, 0.6) is 0 Å². The largest absolute Gasteiger partial charge is 0.309 e. The smallest absolute Gasteiger partial charge is 0.214 e. The standard InChI is InChI=1S/C12H27N3O2S/c1-4-12-18(16,17)15-10-8-14(9-11-15)7-5-6-13(2)3/h4-12H2,1-3H3. The summed E-state index contributed by atoms with van der Waals surface area (Å²) in [4.78, 5) is 4.55. The van der Waals surface area contributed by atoms with Crippen LogP contribution in [0.3, 0.4) is 0 Å². The summed E-state index contributed by atoms with van der Waals surface area (Å²) < 4.78 is 25.4. The molecule has 0 radical (unpaired) electrons. The van der Waals surface area contributed by atoms with E-state index in [1.165, 1.54) is 0 Å². The van der Waals surface area contributed by atoms with Crippen LogP contribution in [0.15, 0.2) is 0 Å². The first kappa shape index (κ1) is 15.9. The van der Waals surface area contributed by atoms with Crippen molar-refractivity contribution in [1.29, 1.82) is 0 Å². The van der Waals surface area contributed by atoms with E-state index in [2.05, 4.69) is 23.9 Å². The van der Waals surface area contributed by atoms with Gasteiger partial charge in [0.25, 0.3) is 0 Å². The maximum absolute atomic E-state index is 11.9. The minimum atomic E-state index is -2.99. The van der Waals surface area contributed by atoms with Crippen LogP contribution >= 0.6 is 0 Å². The summed E-state index contributed by atoms with van der Waals surface area (Å²) in [6.45, 7) is 7.13. The van der Waals surface area contributed by atoms with Crippen LogP contribution < -0.4 is 0 Å². The molecule has 0 aromatic rings. The van der Waals surface area contributed by atoms with Crippen LogP contribution in [0, 0.1) is 0 Å². The molecule has 5 nitrogen and oxygen atoms in total. The molecule has 0 bridgehead atoms. The lowest BCUT2D eigenvalue weighted by molar-refractivity contribution is 0.181. The maximum Gasteiger partial charge on any atom is 0.214 e. The summed E-state index contributed by atoms with van der Waals surface area (Å²) in [7, 11) is 1.16. The maximum atomic E-state index is 11.9. The van der Waals surface area contributed by atoms with E-state index in [9.17, 15) is 8.42 Å². The van der Waals surface area contributed by atoms with Crippen molar-refractivity contribution in [3.63, 3.8) is 0 Å². The number of hydrogen-bond donors (Lipinski definition) is 0. The second-order valence-corrected chi connectivity index (χ2v) is 7.30. The summed E-state index contributed by atoms with van der Waals surface area (Å²) in [5, 5.41) is 0. The van der Waals surface area contributed by atoms with Crippen molar-refractivity contribution in [2.45, 2.75) is 19.8 Å². The molecule has 1 heterocycles. The number of rotatable bonds is 7. The van der Waals surface area contributed by atoms with Gasteiger partial charge in [0.05, 0.1) is 5.75 Å². The average Bonchev–Trinajstić information content (AvgIpc) is 2.29. The lowest BCUT2D eigenvalue weighted by Crippen LogP contribution is -2.49. The Morgan fingerprint density at radius 2 is 1.72 bits per heavy atom. The highest BCUT2D eigenvalue weighted by Crippen LogP contribution is 2.09. The van der Waals surface area contributed by atoms with Gasteiger partial charge in [-0.25, -0.2) is 8.42 Å². The first-order valence-electron chi connectivity index (χ1n) is 6.80. The lowest BCUT2D eigenvalue weighted by Gasteiger charge is -2.34. The summed E-state index contributed by atoms with van der Waals surface area (Å²) in [6.07, 6.45) is 1.85. The van der Waals surface area contributed by atoms with Gasteiger partial charge in [-0.2, -0.15) is 4.31 Å². The highest BCUT2D eigenvalue weighted by Gasteiger charge is 2.25. The van der Waals surface area contributed by atoms with E-state index in [1.807, 2.05) is 6.92 Å². The van der Waals surface area contributed by atoms with Crippen LogP contribution in [-0.2, 0) is 10.0 Å². The molecule has 0 aromatic heterocycles. The van der Waals surface area contributed by atoms with Gasteiger partial charge in [0.1, 0.15) is 0 Å². The molecular formula is C12H27N3O2S. The Labute approximate surface area is 112 Å². The molecule has 0 spiro atoms. The van der Waals surface area contributed by atoms with Gasteiger partial charge in [-0.1, -0.05) is 6.92 Å². The van der Waals surface area contributed by atoms with Crippen LogP contribution in [0.2, 0.25) is 0 Å². The SMILES string of the molecule is CCCS(=O)(=O)N1CCN(CCCN(C)C)CC1. The average molecular weight is 277 g/mol. The van der Waals surface area contributed by atoms with E-state index >= 15 is 0 Å². The molecule has 1 aliphatic rings. The molecular weight excluding hydrogens is 250 g/mol. The minimum Gasteiger partial charge on any atom is -0.309 e. The Kier molecular flexibility index (Phi) is 6.55. The highest BCUT2D eigenvalue weighted by molar-refractivity contribution is 7.89. The summed E-state index contributed by atoms with van der Waals surface area (Å²) in [5.74, 6) is 0.285. The molecule has 1 saturated heterocycles. The molecule has 0 aliphatic carbocycles. The normalized spacial score (nSPS) is 19.6. The fourth-order valence-corrected chi connectivity index (χ4v) is 3.72. The van der Waals surface area contributed by atoms with Gasteiger partial charge in [-0.05, 0) is 40.0 Å². The van der Waals surface area contributed by atoms with Gasteiger partial charge in [0.2, 0.25) is 10.0 Å². The molecule has 18 heavy (non-hydrogen) atoms. The monoisotopic (exact) mass is 277 g/mol. The van der Waals surface area contributed by atoms with Crippen molar-refractivity contribution in [1.82, 2.24) is 14.1 Å². The first-order valence-corrected chi connectivity index (χ1v) is 8.41. The molecule has 1 rings (SSSR count). The quantitative estimate of drug-likeness (QED) is 0.671. The van der Waals surface area contributed by atoms with Crippen LogP contribution in [0.4, 0.5) is 0 Å². The van der Waals surface area contributed by atoms with Crippen molar-refractivity contribution in [3.8, 4) is 0 Å². The molecule has 0 atom stereocenters. The van der Waals surface area contributed by atoms with Crippen molar-refractivity contribution < 1.29 is 8.42 Å². The predicted molar refractivity (Wildman–Crippen MR) is 75.3 cm³/mol. The molecule has 0 amide bonds. The predicted octanol–water partition coefficient (Wildman–Crippen LogP) is 0.296. The van der Waals surface area contributed by atoms with E-state index in [-0.39, 0.29) is 5.75 Å². The zero-order valence-corrected chi connectivity index (χ0v) is 12.7. The van der Waals surface area contributed by atoms with Crippen LogP contribution in [-0.4, -0.2) is 81.6 Å². The fraction of sp³-hybridized carbons (Fsp3) is 1.00. The van der Waals surface area contributed by atoms with Crippen LogP contribution in [0.1, 0.15) is 19.8 Å².